The van der Waals surface area contributed by atoms with Crippen molar-refractivity contribution in [2.24, 2.45) is 0 Å². The number of hydrogen-bond acceptors (Lipinski definition) is 4. The highest BCUT2D eigenvalue weighted by Crippen LogP contribution is 2.27. The second kappa shape index (κ2) is 5.03. The Labute approximate surface area is 129 Å². The summed E-state index contributed by atoms with van der Waals surface area (Å²) in [6.45, 7) is 3.93. The van der Waals surface area contributed by atoms with Crippen molar-refractivity contribution in [2.45, 2.75) is 13.8 Å². The Hall–Kier alpha value is -1.66. The molecular weight excluding hydrogens is 342 g/mol. The summed E-state index contributed by atoms with van der Waals surface area (Å²) in [6, 6.07) is 6.08. The van der Waals surface area contributed by atoms with Gasteiger partial charge in [0.1, 0.15) is 17.3 Å². The van der Waals surface area contributed by atoms with Gasteiger partial charge in [-0.2, -0.15) is 19.6 Å². The van der Waals surface area contributed by atoms with Crippen LogP contribution in [0.15, 0.2) is 29.0 Å². The van der Waals surface area contributed by atoms with E-state index in [0.29, 0.717) is 10.9 Å². The summed E-state index contributed by atoms with van der Waals surface area (Å²) in [5, 5.41) is 7.92. The number of hydrogen-bond donors (Lipinski definition) is 1. The number of nitrogens with zero attached hydrogens (tertiary/aromatic N) is 4. The fraction of sp³-hybridized carbons (Fsp3) is 0.154. The Morgan fingerprint density at radius 3 is 2.80 bits per heavy atom. The van der Waals surface area contributed by atoms with Crippen LogP contribution in [0.5, 0.6) is 0 Å². The smallest absolute Gasteiger partial charge is 0.255 e. The topological polar surface area (TPSA) is 55.1 Å². The van der Waals surface area contributed by atoms with Gasteiger partial charge in [-0.25, -0.2) is 0 Å². The van der Waals surface area contributed by atoms with Crippen LogP contribution in [0, 0.1) is 13.8 Å². The molecule has 5 nitrogen and oxygen atoms in total. The average molecular weight is 353 g/mol. The SMILES string of the molecule is Cc1cc(Br)cc(Nc2c(C)c(Cl)nc3ncnn23)c1. The molecule has 7 heteroatoms. The van der Waals surface area contributed by atoms with Crippen LogP contribution in [0.4, 0.5) is 11.5 Å². The predicted octanol–water partition coefficient (Wildman–Crippen LogP) is 3.90. The number of aromatic nitrogens is 4. The fourth-order valence-electron chi connectivity index (χ4n) is 1.99. The minimum Gasteiger partial charge on any atom is -0.340 e. The van der Waals surface area contributed by atoms with E-state index in [1.807, 2.05) is 32.0 Å². The van der Waals surface area contributed by atoms with Crippen LogP contribution < -0.4 is 5.32 Å². The van der Waals surface area contributed by atoms with E-state index in [4.69, 9.17) is 11.6 Å². The summed E-state index contributed by atoms with van der Waals surface area (Å²) >= 11 is 9.63. The zero-order chi connectivity index (χ0) is 14.3. The van der Waals surface area contributed by atoms with Gasteiger partial charge in [0, 0.05) is 15.7 Å². The summed E-state index contributed by atoms with van der Waals surface area (Å²) in [4.78, 5) is 8.24. The van der Waals surface area contributed by atoms with Crippen molar-refractivity contribution in [3.8, 4) is 0 Å². The fourth-order valence-corrected chi connectivity index (χ4v) is 2.76. The molecule has 0 aliphatic carbocycles. The molecule has 0 unspecified atom stereocenters. The van der Waals surface area contributed by atoms with Crippen LogP contribution in [-0.4, -0.2) is 19.6 Å². The van der Waals surface area contributed by atoms with Crippen molar-refractivity contribution in [1.29, 1.82) is 0 Å². The molecule has 0 saturated carbocycles. The minimum atomic E-state index is 0.416. The van der Waals surface area contributed by atoms with Gasteiger partial charge in [-0.3, -0.25) is 0 Å². The van der Waals surface area contributed by atoms with Crippen molar-refractivity contribution < 1.29 is 0 Å². The second-order valence-corrected chi connectivity index (χ2v) is 5.76. The molecule has 0 aliphatic rings. The van der Waals surface area contributed by atoms with Crippen molar-refractivity contribution in [3.63, 3.8) is 0 Å². The van der Waals surface area contributed by atoms with Gasteiger partial charge in [-0.15, -0.1) is 0 Å². The molecule has 0 aliphatic heterocycles. The molecule has 3 aromatic rings. The number of aryl methyl sites for hydroxylation is 1. The number of nitrogens with one attached hydrogen (secondary N) is 1. The van der Waals surface area contributed by atoms with Crippen LogP contribution in [0.25, 0.3) is 5.78 Å². The normalized spacial score (nSPS) is 11.0. The molecule has 0 spiro atoms. The molecule has 3 rings (SSSR count). The van der Waals surface area contributed by atoms with E-state index in [-0.39, 0.29) is 0 Å². The number of anilines is 2. The third-order valence-corrected chi connectivity index (χ3v) is 3.74. The molecule has 1 aromatic carbocycles. The maximum absolute atomic E-state index is 6.14. The highest BCUT2D eigenvalue weighted by Gasteiger charge is 2.12. The summed E-state index contributed by atoms with van der Waals surface area (Å²) in [7, 11) is 0. The lowest BCUT2D eigenvalue weighted by Crippen LogP contribution is -2.05. The Bertz CT molecular complexity index is 779. The maximum Gasteiger partial charge on any atom is 0.255 e. The quantitative estimate of drug-likeness (QED) is 0.711. The third-order valence-electron chi connectivity index (χ3n) is 2.91. The molecule has 20 heavy (non-hydrogen) atoms. The Balaban J connectivity index is 2.14. The first kappa shape index (κ1) is 13.3. The molecular formula is C13H11BrClN5. The summed E-state index contributed by atoms with van der Waals surface area (Å²) in [5.41, 5.74) is 2.91. The van der Waals surface area contributed by atoms with Crippen LogP contribution >= 0.6 is 27.5 Å². The number of halogens is 2. The minimum absolute atomic E-state index is 0.416. The molecule has 0 atom stereocenters. The standard InChI is InChI=1S/C13H11BrClN5/c1-7-3-9(14)5-10(4-7)18-12-8(2)11(15)19-13-16-6-17-20(12)13/h3-6,18H,1-2H3. The lowest BCUT2D eigenvalue weighted by molar-refractivity contribution is 0.936. The number of fused-ring (bicyclic) bond motifs is 1. The molecule has 0 radical (unpaired) electrons. The van der Waals surface area contributed by atoms with Crippen LogP contribution in [-0.2, 0) is 0 Å². The van der Waals surface area contributed by atoms with Gasteiger partial charge < -0.3 is 5.32 Å². The van der Waals surface area contributed by atoms with Crippen molar-refractivity contribution in [3.05, 3.63) is 45.3 Å². The van der Waals surface area contributed by atoms with Crippen LogP contribution in [0.1, 0.15) is 11.1 Å². The molecule has 2 aromatic heterocycles. The molecule has 0 amide bonds. The van der Waals surface area contributed by atoms with E-state index >= 15 is 0 Å². The van der Waals surface area contributed by atoms with Crippen molar-refractivity contribution in [2.75, 3.05) is 5.32 Å². The lowest BCUT2D eigenvalue weighted by atomic mass is 10.2. The lowest BCUT2D eigenvalue weighted by Gasteiger charge is -2.12. The van der Waals surface area contributed by atoms with E-state index in [0.717, 1.165) is 27.1 Å². The van der Waals surface area contributed by atoms with Gasteiger partial charge in [-0.05, 0) is 37.6 Å². The highest BCUT2D eigenvalue weighted by atomic mass is 79.9. The Morgan fingerprint density at radius 2 is 2.05 bits per heavy atom. The van der Waals surface area contributed by atoms with E-state index in [1.165, 1.54) is 6.33 Å². The second-order valence-electron chi connectivity index (χ2n) is 4.49. The first-order valence-electron chi connectivity index (χ1n) is 5.94. The highest BCUT2D eigenvalue weighted by molar-refractivity contribution is 9.10. The summed E-state index contributed by atoms with van der Waals surface area (Å²) in [5.74, 6) is 1.23. The van der Waals surface area contributed by atoms with Gasteiger partial charge in [-0.1, -0.05) is 27.5 Å². The molecule has 0 fully saturated rings. The summed E-state index contributed by atoms with van der Waals surface area (Å²) in [6.07, 6.45) is 1.45. The van der Waals surface area contributed by atoms with E-state index < -0.39 is 0 Å². The Kier molecular flexibility index (Phi) is 3.35. The van der Waals surface area contributed by atoms with Gasteiger partial charge in [0.2, 0.25) is 0 Å². The predicted molar refractivity (Wildman–Crippen MR) is 82.7 cm³/mol. The van der Waals surface area contributed by atoms with Gasteiger partial charge in [0.05, 0.1) is 0 Å². The van der Waals surface area contributed by atoms with E-state index in [2.05, 4.69) is 36.3 Å². The van der Waals surface area contributed by atoms with Crippen molar-refractivity contribution in [1.82, 2.24) is 19.6 Å². The van der Waals surface area contributed by atoms with E-state index in [9.17, 15) is 0 Å². The monoisotopic (exact) mass is 351 g/mol. The first-order chi connectivity index (χ1) is 9.54. The number of rotatable bonds is 2. The molecule has 0 saturated heterocycles. The van der Waals surface area contributed by atoms with Crippen LogP contribution in [0.2, 0.25) is 5.15 Å². The zero-order valence-corrected chi connectivity index (χ0v) is 13.2. The third kappa shape index (κ3) is 2.36. The molecule has 0 bridgehead atoms. The first-order valence-corrected chi connectivity index (χ1v) is 7.12. The van der Waals surface area contributed by atoms with Gasteiger partial charge in [0.15, 0.2) is 0 Å². The molecule has 102 valence electrons. The van der Waals surface area contributed by atoms with Crippen molar-refractivity contribution >= 4 is 44.8 Å². The van der Waals surface area contributed by atoms with Crippen LogP contribution in [0.3, 0.4) is 0 Å². The van der Waals surface area contributed by atoms with Gasteiger partial charge in [0.25, 0.3) is 5.78 Å². The Morgan fingerprint density at radius 1 is 1.25 bits per heavy atom. The summed E-state index contributed by atoms with van der Waals surface area (Å²) < 4.78 is 2.64. The largest absolute Gasteiger partial charge is 0.340 e. The zero-order valence-electron chi connectivity index (χ0n) is 10.9. The molecule has 1 N–H and O–H groups in total. The number of benzene rings is 1. The average Bonchev–Trinajstić information content (AvgIpc) is 2.81. The molecule has 2 heterocycles. The maximum atomic E-state index is 6.14. The van der Waals surface area contributed by atoms with Gasteiger partial charge >= 0.3 is 0 Å². The van der Waals surface area contributed by atoms with E-state index in [1.54, 1.807) is 4.52 Å².